The van der Waals surface area contributed by atoms with Crippen LogP contribution < -0.4 is 12.4 Å². The third kappa shape index (κ3) is 3.25. The summed E-state index contributed by atoms with van der Waals surface area (Å²) in [6, 6.07) is 18.7. The second-order valence-corrected chi connectivity index (χ2v) is 6.12. The molecular formula is C15H10ClFOTe. The molecule has 0 saturated carbocycles. The molecule has 0 unspecified atom stereocenters. The van der Waals surface area contributed by atoms with E-state index in [1.165, 1.54) is 21.3 Å². The molecule has 0 aliphatic rings. The fourth-order valence-electron chi connectivity index (χ4n) is 1.76. The van der Waals surface area contributed by atoms with Crippen LogP contribution in [0.1, 0.15) is 0 Å². The van der Waals surface area contributed by atoms with E-state index in [9.17, 15) is 4.39 Å². The van der Waals surface area contributed by atoms with Gasteiger partial charge < -0.3 is 12.4 Å². The Morgan fingerprint density at radius 3 is 2.32 bits per heavy atom. The summed E-state index contributed by atoms with van der Waals surface area (Å²) >= 11 is -0.661. The van der Waals surface area contributed by atoms with Crippen molar-refractivity contribution in [2.24, 2.45) is 0 Å². The van der Waals surface area contributed by atoms with Gasteiger partial charge in [-0.1, -0.05) is 0 Å². The minimum atomic E-state index is -0.661. The molecule has 0 spiro atoms. The fourth-order valence-corrected chi connectivity index (χ4v) is 3.79. The molecule has 0 bridgehead atoms. The van der Waals surface area contributed by atoms with Gasteiger partial charge in [-0.25, -0.2) is 0 Å². The van der Waals surface area contributed by atoms with Crippen molar-refractivity contribution in [3.05, 3.63) is 66.5 Å². The SMILES string of the molecule is Fc1cccc(-c2cc(-c3ccccc3)[te][o+]2)c1.[Cl-]. The normalized spacial score (nSPS) is 9.95. The maximum absolute atomic E-state index is 13.2. The molecule has 96 valence electrons. The predicted molar refractivity (Wildman–Crippen MR) is 70.9 cm³/mol. The minimum absolute atomic E-state index is 0. The van der Waals surface area contributed by atoms with Crippen molar-refractivity contribution in [1.29, 1.82) is 0 Å². The van der Waals surface area contributed by atoms with Gasteiger partial charge in [0.1, 0.15) is 0 Å². The Hall–Kier alpha value is -1.14. The molecular weight excluding hydrogens is 378 g/mol. The van der Waals surface area contributed by atoms with Crippen LogP contribution in [-0.2, 0) is 0 Å². The number of rotatable bonds is 2. The number of hydrogen-bond donors (Lipinski definition) is 0. The summed E-state index contributed by atoms with van der Waals surface area (Å²) < 4.78 is 20.2. The van der Waals surface area contributed by atoms with E-state index in [-0.39, 0.29) is 18.2 Å². The van der Waals surface area contributed by atoms with Crippen molar-refractivity contribution in [2.45, 2.75) is 0 Å². The zero-order valence-electron chi connectivity index (χ0n) is 9.85. The van der Waals surface area contributed by atoms with E-state index < -0.39 is 20.9 Å². The molecule has 0 amide bonds. The van der Waals surface area contributed by atoms with E-state index >= 15 is 0 Å². The molecule has 0 atom stereocenters. The molecule has 1 aromatic heterocycles. The predicted octanol–water partition coefficient (Wildman–Crippen LogP) is 1.09. The second-order valence-electron chi connectivity index (χ2n) is 3.92. The molecule has 0 saturated heterocycles. The van der Waals surface area contributed by atoms with Gasteiger partial charge in [0.15, 0.2) is 0 Å². The van der Waals surface area contributed by atoms with Gasteiger partial charge in [0.05, 0.1) is 0 Å². The van der Waals surface area contributed by atoms with E-state index in [0.717, 1.165) is 11.3 Å². The van der Waals surface area contributed by atoms with Gasteiger partial charge in [-0.3, -0.25) is 0 Å². The van der Waals surface area contributed by atoms with Crippen LogP contribution in [0, 0.1) is 5.82 Å². The summed E-state index contributed by atoms with van der Waals surface area (Å²) in [6.07, 6.45) is 0. The first-order chi connectivity index (χ1) is 8.83. The molecule has 0 N–H and O–H groups in total. The van der Waals surface area contributed by atoms with Crippen LogP contribution in [0.3, 0.4) is 0 Å². The number of benzene rings is 2. The van der Waals surface area contributed by atoms with Gasteiger partial charge in [-0.2, -0.15) is 0 Å². The molecule has 4 heteroatoms. The van der Waals surface area contributed by atoms with Crippen LogP contribution in [0.15, 0.2) is 63.4 Å². The maximum Gasteiger partial charge on any atom is -1.00 e. The average molecular weight is 388 g/mol. The molecule has 19 heavy (non-hydrogen) atoms. The zero-order chi connectivity index (χ0) is 12.4. The van der Waals surface area contributed by atoms with Gasteiger partial charge >= 0.3 is 115 Å². The van der Waals surface area contributed by atoms with Gasteiger partial charge in [0.25, 0.3) is 0 Å². The monoisotopic (exact) mass is 390 g/mol. The van der Waals surface area contributed by atoms with Crippen molar-refractivity contribution in [3.63, 3.8) is 0 Å². The Balaban J connectivity index is 0.00000133. The molecule has 0 fully saturated rings. The Bertz CT molecular complexity index is 667. The Labute approximate surface area is 127 Å². The summed E-state index contributed by atoms with van der Waals surface area (Å²) in [5.74, 6) is 0.557. The van der Waals surface area contributed by atoms with Crippen molar-refractivity contribution in [3.8, 4) is 20.5 Å². The zero-order valence-corrected chi connectivity index (χ0v) is 12.9. The van der Waals surface area contributed by atoms with Gasteiger partial charge in [0.2, 0.25) is 0 Å². The average Bonchev–Trinajstić information content (AvgIpc) is 2.89. The molecule has 2 aromatic carbocycles. The molecule has 0 aliphatic heterocycles. The maximum atomic E-state index is 13.2. The molecule has 1 heterocycles. The first-order valence-corrected chi connectivity index (χ1v) is 7.69. The molecule has 3 rings (SSSR count). The summed E-state index contributed by atoms with van der Waals surface area (Å²) in [5.41, 5.74) is 2.01. The minimum Gasteiger partial charge on any atom is -1.00 e. The van der Waals surface area contributed by atoms with Crippen LogP contribution in [0.4, 0.5) is 4.39 Å². The Kier molecular flexibility index (Phi) is 4.76. The Morgan fingerprint density at radius 1 is 0.842 bits per heavy atom. The molecule has 0 radical (unpaired) electrons. The summed E-state index contributed by atoms with van der Waals surface area (Å²) in [4.78, 5) is 0. The van der Waals surface area contributed by atoms with Crippen molar-refractivity contribution in [2.75, 3.05) is 0 Å². The van der Waals surface area contributed by atoms with Crippen LogP contribution >= 0.6 is 0 Å². The smallest absolute Gasteiger partial charge is 1.00 e. The second kappa shape index (κ2) is 6.34. The van der Waals surface area contributed by atoms with E-state index in [1.807, 2.05) is 30.3 Å². The van der Waals surface area contributed by atoms with Crippen molar-refractivity contribution < 1.29 is 19.6 Å². The van der Waals surface area contributed by atoms with Gasteiger partial charge in [-0.05, 0) is 0 Å². The number of halogens is 2. The first-order valence-electron chi connectivity index (χ1n) is 5.57. The van der Waals surface area contributed by atoms with Gasteiger partial charge in [0, 0.05) is 0 Å². The molecule has 3 aromatic rings. The van der Waals surface area contributed by atoms with Crippen molar-refractivity contribution in [1.82, 2.24) is 0 Å². The summed E-state index contributed by atoms with van der Waals surface area (Å²) in [7, 11) is 0. The fraction of sp³-hybridized carbons (Fsp3) is 0. The van der Waals surface area contributed by atoms with E-state index in [2.05, 4.69) is 12.1 Å². The molecule has 0 aliphatic carbocycles. The Morgan fingerprint density at radius 2 is 1.58 bits per heavy atom. The van der Waals surface area contributed by atoms with Crippen LogP contribution in [0.5, 0.6) is 0 Å². The van der Waals surface area contributed by atoms with Crippen LogP contribution in [0.2, 0.25) is 0 Å². The quantitative estimate of drug-likeness (QED) is 0.473. The molecule has 1 nitrogen and oxygen atoms in total. The van der Waals surface area contributed by atoms with E-state index in [1.54, 1.807) is 6.07 Å². The van der Waals surface area contributed by atoms with E-state index in [4.69, 9.17) is 2.76 Å². The summed E-state index contributed by atoms with van der Waals surface area (Å²) in [6.45, 7) is 0. The van der Waals surface area contributed by atoms with E-state index in [0.29, 0.717) is 0 Å². The van der Waals surface area contributed by atoms with Crippen molar-refractivity contribution >= 4 is 20.9 Å². The topological polar surface area (TPSA) is 11.3 Å². The first kappa shape index (κ1) is 14.3. The standard InChI is InChI=1S/C15H10FOTe.ClH/c16-13-8-4-7-12(9-13)14-10-15(18-17-14)11-5-2-1-3-6-11;/h1-10H;1H/q+1;/p-1. The summed E-state index contributed by atoms with van der Waals surface area (Å²) in [5, 5.41) is 0. The third-order valence-electron chi connectivity index (χ3n) is 2.65. The number of hydrogen-bond acceptors (Lipinski definition) is 0. The van der Waals surface area contributed by atoms with Crippen LogP contribution in [0.25, 0.3) is 20.5 Å². The largest absolute Gasteiger partial charge is 1.00 e. The third-order valence-corrected chi connectivity index (χ3v) is 4.92. The van der Waals surface area contributed by atoms with Crippen LogP contribution in [-0.4, -0.2) is 20.9 Å². The van der Waals surface area contributed by atoms with Gasteiger partial charge in [-0.15, -0.1) is 0 Å².